The summed E-state index contributed by atoms with van der Waals surface area (Å²) >= 11 is 0. The van der Waals surface area contributed by atoms with E-state index in [1.807, 2.05) is 42.7 Å². The molecule has 0 fully saturated rings. The highest BCUT2D eigenvalue weighted by Crippen LogP contribution is 2.17. The molecule has 0 unspecified atom stereocenters. The summed E-state index contributed by atoms with van der Waals surface area (Å²) in [6.45, 7) is 6.27. The van der Waals surface area contributed by atoms with Gasteiger partial charge in [0.2, 0.25) is 0 Å². The fourth-order valence-corrected chi connectivity index (χ4v) is 3.11. The van der Waals surface area contributed by atoms with Gasteiger partial charge < -0.3 is 19.9 Å². The molecule has 0 aliphatic heterocycles. The first-order chi connectivity index (χ1) is 14.8. The number of aromatic nitrogens is 2. The summed E-state index contributed by atoms with van der Waals surface area (Å²) in [6, 6.07) is 18.4. The first-order valence-electron chi connectivity index (χ1n) is 10.1. The first-order valence-corrected chi connectivity index (χ1v) is 10.1. The van der Waals surface area contributed by atoms with Crippen molar-refractivity contribution in [3.63, 3.8) is 0 Å². The van der Waals surface area contributed by atoms with E-state index < -0.39 is 0 Å². The van der Waals surface area contributed by atoms with Gasteiger partial charge in [-0.1, -0.05) is 61.2 Å². The van der Waals surface area contributed by atoms with Crippen molar-refractivity contribution >= 4 is 29.9 Å². The molecule has 1 heterocycles. The molecule has 2 N–H and O–H groups in total. The van der Waals surface area contributed by atoms with Gasteiger partial charge in [-0.05, 0) is 18.1 Å². The molecular formula is C24H30IN5O. The van der Waals surface area contributed by atoms with Crippen LogP contribution in [0.25, 0.3) is 0 Å². The van der Waals surface area contributed by atoms with Gasteiger partial charge in [-0.15, -0.1) is 24.0 Å². The number of aliphatic imine (C=N–C) groups is 1. The Hall–Kier alpha value is -2.81. The van der Waals surface area contributed by atoms with Crippen molar-refractivity contribution in [3.8, 4) is 5.75 Å². The molecule has 0 radical (unpaired) electrons. The van der Waals surface area contributed by atoms with Gasteiger partial charge in [0.25, 0.3) is 0 Å². The topological polar surface area (TPSA) is 63.5 Å². The van der Waals surface area contributed by atoms with E-state index in [1.54, 1.807) is 13.1 Å². The summed E-state index contributed by atoms with van der Waals surface area (Å²) in [4.78, 5) is 8.81. The highest BCUT2D eigenvalue weighted by molar-refractivity contribution is 14.0. The molecule has 0 spiro atoms. The Morgan fingerprint density at radius 2 is 1.84 bits per heavy atom. The van der Waals surface area contributed by atoms with Crippen molar-refractivity contribution < 1.29 is 4.74 Å². The van der Waals surface area contributed by atoms with Crippen LogP contribution in [0.3, 0.4) is 0 Å². The number of rotatable bonds is 10. The van der Waals surface area contributed by atoms with Crippen LogP contribution in [0.2, 0.25) is 0 Å². The molecule has 0 atom stereocenters. The van der Waals surface area contributed by atoms with Gasteiger partial charge in [-0.2, -0.15) is 0 Å². The molecule has 7 heteroatoms. The Morgan fingerprint density at radius 1 is 1.10 bits per heavy atom. The number of aryl methyl sites for hydroxylation is 2. The van der Waals surface area contributed by atoms with Crippen molar-refractivity contribution in [1.82, 2.24) is 20.2 Å². The second kappa shape index (κ2) is 13.5. The SMILES string of the molecule is C=CCOc1ccccc1CNC(=NC)NCc1nccn1CCc1ccccc1.I. The predicted molar refractivity (Wildman–Crippen MR) is 137 cm³/mol. The maximum absolute atomic E-state index is 5.72. The van der Waals surface area contributed by atoms with Crippen LogP contribution in [-0.4, -0.2) is 29.2 Å². The normalized spacial score (nSPS) is 10.8. The lowest BCUT2D eigenvalue weighted by atomic mass is 10.1. The van der Waals surface area contributed by atoms with Crippen LogP contribution in [0, 0.1) is 0 Å². The van der Waals surface area contributed by atoms with Crippen LogP contribution in [-0.2, 0) is 26.1 Å². The van der Waals surface area contributed by atoms with Crippen molar-refractivity contribution in [3.05, 3.63) is 96.6 Å². The molecular weight excluding hydrogens is 501 g/mol. The standard InChI is InChI=1S/C24H29N5O.HI/c1-3-17-30-22-12-8-7-11-21(22)18-27-24(25-2)28-19-23-26-14-16-29(23)15-13-20-9-5-4-6-10-20;/h3-12,14,16H,1,13,15,17-19H2,2H3,(H2,25,27,28);1H. The second-order valence-electron chi connectivity index (χ2n) is 6.76. The summed E-state index contributed by atoms with van der Waals surface area (Å²) in [7, 11) is 1.76. The molecule has 0 aliphatic rings. The number of hydrogen-bond acceptors (Lipinski definition) is 3. The van der Waals surface area contributed by atoms with Gasteiger partial charge >= 0.3 is 0 Å². The Bertz CT molecular complexity index is 955. The summed E-state index contributed by atoms with van der Waals surface area (Å²) in [6.07, 6.45) is 6.57. The summed E-state index contributed by atoms with van der Waals surface area (Å²) < 4.78 is 7.89. The minimum absolute atomic E-state index is 0. The van der Waals surface area contributed by atoms with Crippen LogP contribution in [0.4, 0.5) is 0 Å². The quantitative estimate of drug-likeness (QED) is 0.179. The van der Waals surface area contributed by atoms with E-state index in [1.165, 1.54) is 5.56 Å². The van der Waals surface area contributed by atoms with Gasteiger partial charge in [0.15, 0.2) is 5.96 Å². The molecule has 0 amide bonds. The van der Waals surface area contributed by atoms with Gasteiger partial charge in [0, 0.05) is 38.1 Å². The van der Waals surface area contributed by atoms with E-state index in [2.05, 4.69) is 56.0 Å². The average Bonchev–Trinajstić information content (AvgIpc) is 3.25. The maximum atomic E-state index is 5.72. The first kappa shape index (κ1) is 24.5. The fourth-order valence-electron chi connectivity index (χ4n) is 3.11. The van der Waals surface area contributed by atoms with E-state index in [0.717, 1.165) is 30.1 Å². The van der Waals surface area contributed by atoms with Gasteiger partial charge in [-0.25, -0.2) is 4.98 Å². The van der Waals surface area contributed by atoms with Crippen molar-refractivity contribution in [1.29, 1.82) is 0 Å². The lowest BCUT2D eigenvalue weighted by Gasteiger charge is -2.15. The molecule has 0 bridgehead atoms. The zero-order valence-corrected chi connectivity index (χ0v) is 20.2. The Balaban J connectivity index is 0.00000341. The molecule has 2 aromatic carbocycles. The second-order valence-corrected chi connectivity index (χ2v) is 6.76. The highest BCUT2D eigenvalue weighted by Gasteiger charge is 2.07. The van der Waals surface area contributed by atoms with E-state index >= 15 is 0 Å². The number of benzene rings is 2. The average molecular weight is 531 g/mol. The van der Waals surface area contributed by atoms with Gasteiger partial charge in [-0.3, -0.25) is 4.99 Å². The third kappa shape index (κ3) is 7.75. The van der Waals surface area contributed by atoms with Crippen molar-refractivity contribution in [2.24, 2.45) is 4.99 Å². The van der Waals surface area contributed by atoms with Crippen LogP contribution in [0.5, 0.6) is 5.75 Å². The minimum Gasteiger partial charge on any atom is -0.489 e. The number of halogens is 1. The van der Waals surface area contributed by atoms with Crippen LogP contribution in [0.1, 0.15) is 17.0 Å². The lowest BCUT2D eigenvalue weighted by molar-refractivity contribution is 0.358. The van der Waals surface area contributed by atoms with Crippen molar-refractivity contribution in [2.45, 2.75) is 26.1 Å². The zero-order valence-electron chi connectivity index (χ0n) is 17.8. The highest BCUT2D eigenvalue weighted by atomic mass is 127. The van der Waals surface area contributed by atoms with Crippen molar-refractivity contribution in [2.75, 3.05) is 13.7 Å². The Kier molecular flexibility index (Phi) is 10.6. The Morgan fingerprint density at radius 3 is 2.61 bits per heavy atom. The number of hydrogen-bond donors (Lipinski definition) is 2. The number of ether oxygens (including phenoxy) is 1. The van der Waals surface area contributed by atoms with E-state index in [0.29, 0.717) is 25.7 Å². The number of guanidine groups is 1. The third-order valence-corrected chi connectivity index (χ3v) is 4.70. The summed E-state index contributed by atoms with van der Waals surface area (Å²) in [5.41, 5.74) is 2.38. The largest absolute Gasteiger partial charge is 0.489 e. The molecule has 31 heavy (non-hydrogen) atoms. The maximum Gasteiger partial charge on any atom is 0.191 e. The van der Waals surface area contributed by atoms with E-state index in [-0.39, 0.29) is 24.0 Å². The minimum atomic E-state index is 0. The lowest BCUT2D eigenvalue weighted by Crippen LogP contribution is -2.37. The number of nitrogens with zero attached hydrogens (tertiary/aromatic N) is 3. The fraction of sp³-hybridized carbons (Fsp3) is 0.250. The number of para-hydroxylation sites is 1. The molecule has 0 aliphatic carbocycles. The molecule has 164 valence electrons. The molecule has 3 rings (SSSR count). The number of nitrogens with one attached hydrogen (secondary N) is 2. The monoisotopic (exact) mass is 531 g/mol. The smallest absolute Gasteiger partial charge is 0.191 e. The van der Waals surface area contributed by atoms with E-state index in [9.17, 15) is 0 Å². The van der Waals surface area contributed by atoms with Crippen LogP contribution in [0.15, 0.2) is 84.6 Å². The number of imidazole rings is 1. The molecule has 6 nitrogen and oxygen atoms in total. The Labute approximate surface area is 201 Å². The predicted octanol–water partition coefficient (Wildman–Crippen LogP) is 4.17. The van der Waals surface area contributed by atoms with Crippen LogP contribution < -0.4 is 15.4 Å². The summed E-state index contributed by atoms with van der Waals surface area (Å²) in [5.74, 6) is 2.53. The van der Waals surface area contributed by atoms with Crippen LogP contribution >= 0.6 is 24.0 Å². The van der Waals surface area contributed by atoms with Gasteiger partial charge in [0.05, 0.1) is 6.54 Å². The zero-order chi connectivity index (χ0) is 21.0. The van der Waals surface area contributed by atoms with E-state index in [4.69, 9.17) is 4.74 Å². The third-order valence-electron chi connectivity index (χ3n) is 4.70. The molecule has 0 saturated heterocycles. The molecule has 0 saturated carbocycles. The molecule has 1 aromatic heterocycles. The van der Waals surface area contributed by atoms with Gasteiger partial charge in [0.1, 0.15) is 18.2 Å². The summed E-state index contributed by atoms with van der Waals surface area (Å²) in [5, 5.41) is 6.68. The molecule has 3 aromatic rings.